The van der Waals surface area contributed by atoms with Gasteiger partial charge >= 0.3 is 0 Å². The number of non-ortho nitro benzene ring substituents is 1. The van der Waals surface area contributed by atoms with Crippen LogP contribution in [-0.2, 0) is 9.84 Å². The Balaban J connectivity index is 1.78. The second kappa shape index (κ2) is 7.61. The molecule has 0 aliphatic rings. The van der Waals surface area contributed by atoms with Crippen molar-refractivity contribution in [2.45, 2.75) is 16.7 Å². The fraction of sp³-hybridized carbons (Fsp3) is 0.0500. The molecule has 0 fully saturated rings. The van der Waals surface area contributed by atoms with E-state index < -0.39 is 14.8 Å². The number of aryl methyl sites for hydroxylation is 1. The van der Waals surface area contributed by atoms with E-state index >= 15 is 0 Å². The van der Waals surface area contributed by atoms with Crippen LogP contribution in [0.3, 0.4) is 0 Å². The summed E-state index contributed by atoms with van der Waals surface area (Å²) in [4.78, 5) is 22.3. The standard InChI is InChI=1S/C20H16N2O5S/c1-14-2-4-15(5-3-14)20(23)21-16-6-10-18(11-7-16)28(26,27)19-12-8-17(9-13-19)22(24)25/h2-13H,1H3,(H,21,23). The first-order chi connectivity index (χ1) is 13.3. The molecule has 3 aromatic rings. The lowest BCUT2D eigenvalue weighted by molar-refractivity contribution is -0.384. The van der Waals surface area contributed by atoms with Crippen molar-refractivity contribution in [3.8, 4) is 0 Å². The Kier molecular flexibility index (Phi) is 5.23. The highest BCUT2D eigenvalue weighted by Gasteiger charge is 2.19. The van der Waals surface area contributed by atoms with Gasteiger partial charge in [0.05, 0.1) is 14.7 Å². The van der Waals surface area contributed by atoms with E-state index in [2.05, 4.69) is 5.32 Å². The summed E-state index contributed by atoms with van der Waals surface area (Å²) in [5.41, 5.74) is 1.80. The van der Waals surface area contributed by atoms with Crippen molar-refractivity contribution >= 4 is 27.1 Å². The highest BCUT2D eigenvalue weighted by Crippen LogP contribution is 2.24. The highest BCUT2D eigenvalue weighted by molar-refractivity contribution is 7.91. The van der Waals surface area contributed by atoms with E-state index in [0.717, 1.165) is 17.7 Å². The fourth-order valence-corrected chi connectivity index (χ4v) is 3.77. The Bertz CT molecular complexity index is 1120. The van der Waals surface area contributed by atoms with E-state index in [1.54, 1.807) is 12.1 Å². The Labute approximate surface area is 161 Å². The van der Waals surface area contributed by atoms with Crippen LogP contribution in [0.25, 0.3) is 0 Å². The van der Waals surface area contributed by atoms with Crippen molar-refractivity contribution < 1.29 is 18.1 Å². The molecule has 0 unspecified atom stereocenters. The number of amides is 1. The van der Waals surface area contributed by atoms with E-state index in [1.807, 2.05) is 19.1 Å². The fourth-order valence-electron chi connectivity index (χ4n) is 2.51. The minimum absolute atomic E-state index is 0.0229. The lowest BCUT2D eigenvalue weighted by atomic mass is 10.1. The molecule has 0 spiro atoms. The molecule has 8 heteroatoms. The Morgan fingerprint density at radius 2 is 1.36 bits per heavy atom. The average Bonchev–Trinajstić information content (AvgIpc) is 2.69. The molecule has 0 bridgehead atoms. The molecule has 28 heavy (non-hydrogen) atoms. The number of benzene rings is 3. The number of hydrogen-bond acceptors (Lipinski definition) is 5. The molecule has 142 valence electrons. The quantitative estimate of drug-likeness (QED) is 0.518. The van der Waals surface area contributed by atoms with Gasteiger partial charge in [0, 0.05) is 23.4 Å². The van der Waals surface area contributed by atoms with Gasteiger partial charge in [-0.2, -0.15) is 0 Å². The maximum absolute atomic E-state index is 12.6. The number of nitrogens with zero attached hydrogens (tertiary/aromatic N) is 1. The first kappa shape index (κ1) is 19.2. The smallest absolute Gasteiger partial charge is 0.269 e. The van der Waals surface area contributed by atoms with E-state index in [1.165, 1.54) is 36.4 Å². The van der Waals surface area contributed by atoms with E-state index in [9.17, 15) is 23.3 Å². The molecular formula is C20H16N2O5S. The second-order valence-electron chi connectivity index (χ2n) is 6.10. The number of nitro groups is 1. The third-order valence-corrected chi connectivity index (χ3v) is 5.88. The number of nitro benzene ring substituents is 1. The number of nitrogens with one attached hydrogen (secondary N) is 1. The summed E-state index contributed by atoms with van der Waals surface area (Å²) >= 11 is 0. The first-order valence-electron chi connectivity index (χ1n) is 8.25. The molecule has 3 rings (SSSR count). The number of rotatable bonds is 5. The minimum atomic E-state index is -3.82. The largest absolute Gasteiger partial charge is 0.322 e. The van der Waals surface area contributed by atoms with Crippen LogP contribution >= 0.6 is 0 Å². The molecule has 3 aromatic carbocycles. The highest BCUT2D eigenvalue weighted by atomic mass is 32.2. The zero-order valence-electron chi connectivity index (χ0n) is 14.8. The molecule has 0 atom stereocenters. The van der Waals surface area contributed by atoms with Crippen LogP contribution in [0.5, 0.6) is 0 Å². The van der Waals surface area contributed by atoms with Crippen LogP contribution < -0.4 is 5.32 Å². The maximum atomic E-state index is 12.6. The van der Waals surface area contributed by atoms with Crippen molar-refractivity contribution in [1.29, 1.82) is 0 Å². The number of sulfone groups is 1. The van der Waals surface area contributed by atoms with Gasteiger partial charge in [0.25, 0.3) is 11.6 Å². The SMILES string of the molecule is Cc1ccc(C(=O)Nc2ccc(S(=O)(=O)c3ccc([N+](=O)[O-])cc3)cc2)cc1. The van der Waals surface area contributed by atoms with Crippen molar-refractivity contribution in [3.05, 3.63) is 94.0 Å². The topological polar surface area (TPSA) is 106 Å². The van der Waals surface area contributed by atoms with Gasteiger partial charge < -0.3 is 5.32 Å². The molecule has 1 amide bonds. The molecular weight excluding hydrogens is 380 g/mol. The number of carbonyl (C=O) groups excluding carboxylic acids is 1. The van der Waals surface area contributed by atoms with Crippen LogP contribution in [-0.4, -0.2) is 19.2 Å². The molecule has 0 saturated carbocycles. The van der Waals surface area contributed by atoms with Gasteiger partial charge in [0.15, 0.2) is 0 Å². The maximum Gasteiger partial charge on any atom is 0.269 e. The van der Waals surface area contributed by atoms with Crippen molar-refractivity contribution in [2.24, 2.45) is 0 Å². The predicted molar refractivity (Wildman–Crippen MR) is 104 cm³/mol. The van der Waals surface area contributed by atoms with Gasteiger partial charge in [0.1, 0.15) is 0 Å². The Hall–Kier alpha value is -3.52. The lowest BCUT2D eigenvalue weighted by Gasteiger charge is -2.08. The van der Waals surface area contributed by atoms with Crippen molar-refractivity contribution in [3.63, 3.8) is 0 Å². The van der Waals surface area contributed by atoms with Crippen LogP contribution in [0.1, 0.15) is 15.9 Å². The van der Waals surface area contributed by atoms with Crippen molar-refractivity contribution in [2.75, 3.05) is 5.32 Å². The van der Waals surface area contributed by atoms with E-state index in [0.29, 0.717) is 11.3 Å². The van der Waals surface area contributed by atoms with E-state index in [-0.39, 0.29) is 21.4 Å². The zero-order valence-corrected chi connectivity index (χ0v) is 15.6. The Morgan fingerprint density at radius 3 is 1.86 bits per heavy atom. The molecule has 0 saturated heterocycles. The summed E-state index contributed by atoms with van der Waals surface area (Å²) in [5.74, 6) is -0.300. The summed E-state index contributed by atoms with van der Waals surface area (Å²) in [6, 6.07) is 17.5. The summed E-state index contributed by atoms with van der Waals surface area (Å²) in [6.07, 6.45) is 0. The third kappa shape index (κ3) is 4.07. The molecule has 0 radical (unpaired) electrons. The van der Waals surface area contributed by atoms with Gasteiger partial charge in [0.2, 0.25) is 9.84 Å². The zero-order chi connectivity index (χ0) is 20.3. The lowest BCUT2D eigenvalue weighted by Crippen LogP contribution is -2.12. The van der Waals surface area contributed by atoms with Crippen LogP contribution in [0.4, 0.5) is 11.4 Å². The van der Waals surface area contributed by atoms with Gasteiger partial charge in [-0.15, -0.1) is 0 Å². The average molecular weight is 396 g/mol. The van der Waals surface area contributed by atoms with Gasteiger partial charge in [-0.1, -0.05) is 17.7 Å². The number of anilines is 1. The van der Waals surface area contributed by atoms with Crippen LogP contribution in [0.2, 0.25) is 0 Å². The molecule has 0 heterocycles. The van der Waals surface area contributed by atoms with Gasteiger partial charge in [-0.25, -0.2) is 8.42 Å². The molecule has 0 aromatic heterocycles. The summed E-state index contributed by atoms with van der Waals surface area (Å²) in [5, 5.41) is 13.4. The molecule has 1 N–H and O–H groups in total. The van der Waals surface area contributed by atoms with Crippen molar-refractivity contribution in [1.82, 2.24) is 0 Å². The normalized spacial score (nSPS) is 11.0. The van der Waals surface area contributed by atoms with Crippen LogP contribution in [0, 0.1) is 17.0 Å². The predicted octanol–water partition coefficient (Wildman–Crippen LogP) is 3.99. The van der Waals surface area contributed by atoms with Gasteiger partial charge in [-0.3, -0.25) is 14.9 Å². The first-order valence-corrected chi connectivity index (χ1v) is 9.73. The summed E-state index contributed by atoms with van der Waals surface area (Å²) < 4.78 is 25.3. The van der Waals surface area contributed by atoms with Gasteiger partial charge in [-0.05, 0) is 55.5 Å². The summed E-state index contributed by atoms with van der Waals surface area (Å²) in [6.45, 7) is 1.92. The third-order valence-electron chi connectivity index (χ3n) is 4.09. The molecule has 7 nitrogen and oxygen atoms in total. The number of carbonyl (C=O) groups is 1. The van der Waals surface area contributed by atoms with Crippen LogP contribution in [0.15, 0.2) is 82.6 Å². The summed E-state index contributed by atoms with van der Waals surface area (Å²) in [7, 11) is -3.82. The molecule has 0 aliphatic heterocycles. The monoisotopic (exact) mass is 396 g/mol. The number of hydrogen-bond donors (Lipinski definition) is 1. The Morgan fingerprint density at radius 1 is 0.857 bits per heavy atom. The second-order valence-corrected chi connectivity index (χ2v) is 8.05. The minimum Gasteiger partial charge on any atom is -0.322 e. The van der Waals surface area contributed by atoms with E-state index in [4.69, 9.17) is 0 Å². The molecule has 0 aliphatic carbocycles.